The topological polar surface area (TPSA) is 87.7 Å². The molecule has 7 heteroatoms. The maximum Gasteiger partial charge on any atom is 0.322 e. The lowest BCUT2D eigenvalue weighted by molar-refractivity contribution is -0.146. The maximum absolute atomic E-state index is 12.6. The van der Waals surface area contributed by atoms with Crippen molar-refractivity contribution in [3.05, 3.63) is 12.2 Å². The molecule has 2 N–H and O–H groups in total. The molecule has 2 aliphatic rings. The van der Waals surface area contributed by atoms with Crippen LogP contribution in [0.15, 0.2) is 12.2 Å². The minimum atomic E-state index is -0.792. The Labute approximate surface area is 180 Å². The fourth-order valence-electron chi connectivity index (χ4n) is 3.73. The van der Waals surface area contributed by atoms with Crippen LogP contribution in [0.3, 0.4) is 0 Å². The van der Waals surface area contributed by atoms with E-state index in [-0.39, 0.29) is 24.3 Å². The van der Waals surface area contributed by atoms with E-state index in [0.29, 0.717) is 25.6 Å². The van der Waals surface area contributed by atoms with Crippen LogP contribution in [0.2, 0.25) is 0 Å². The molecule has 2 heterocycles. The Balaban J connectivity index is 1.78. The molecule has 30 heavy (non-hydrogen) atoms. The summed E-state index contributed by atoms with van der Waals surface area (Å²) in [6, 6.07) is 0. The predicted octanol–water partition coefficient (Wildman–Crippen LogP) is 1.49. The summed E-state index contributed by atoms with van der Waals surface area (Å²) in [5.74, 6) is 1.07. The van der Waals surface area contributed by atoms with Gasteiger partial charge in [-0.2, -0.15) is 0 Å². The number of piperidine rings is 2. The van der Waals surface area contributed by atoms with Crippen LogP contribution >= 0.6 is 0 Å². The molecule has 0 aromatic heterocycles. The third-order valence-electron chi connectivity index (χ3n) is 5.71. The minimum Gasteiger partial charge on any atom is -0.465 e. The average Bonchev–Trinajstić information content (AvgIpc) is 2.78. The maximum atomic E-state index is 12.6. The molecule has 2 atom stereocenters. The van der Waals surface area contributed by atoms with Crippen molar-refractivity contribution < 1.29 is 19.1 Å². The Morgan fingerprint density at radius 1 is 1.30 bits per heavy atom. The standard InChI is InChI=1S/C23H35N3O4/c1-3-5-15-30-23(29)19(4-2)16-25-22(28)20-7-6-14-26(17-20)21(27)9-8-18-10-12-24-13-11-18/h2,8-9,18-20,24H,3,5-7,10-17H2,1H3,(H,25,28)/b9-8+/t19-,20+/m0/s1. The Morgan fingerprint density at radius 3 is 2.77 bits per heavy atom. The first-order valence-corrected chi connectivity index (χ1v) is 11.1. The third kappa shape index (κ3) is 7.83. The van der Waals surface area contributed by atoms with Crippen molar-refractivity contribution in [2.45, 2.75) is 45.4 Å². The van der Waals surface area contributed by atoms with Gasteiger partial charge >= 0.3 is 5.97 Å². The summed E-state index contributed by atoms with van der Waals surface area (Å²) in [7, 11) is 0. The zero-order valence-electron chi connectivity index (χ0n) is 18.0. The normalized spacial score (nSPS) is 21.1. The van der Waals surface area contributed by atoms with Crippen LogP contribution in [0.4, 0.5) is 0 Å². The summed E-state index contributed by atoms with van der Waals surface area (Å²) in [4.78, 5) is 38.9. The SMILES string of the molecule is C#C[C@@H](CNC(=O)[C@@H]1CCCN(C(=O)/C=C/C2CCNCC2)C1)C(=O)OCCCC. The lowest BCUT2D eigenvalue weighted by Gasteiger charge is -2.31. The smallest absolute Gasteiger partial charge is 0.322 e. The number of nitrogens with zero attached hydrogens (tertiary/aromatic N) is 1. The Bertz CT molecular complexity index is 649. The van der Waals surface area contributed by atoms with E-state index in [1.54, 1.807) is 11.0 Å². The molecule has 0 spiro atoms. The van der Waals surface area contributed by atoms with Crippen LogP contribution in [0.5, 0.6) is 0 Å². The van der Waals surface area contributed by atoms with Crippen LogP contribution in [0.25, 0.3) is 0 Å². The van der Waals surface area contributed by atoms with Gasteiger partial charge in [-0.25, -0.2) is 0 Å². The van der Waals surface area contributed by atoms with Crippen molar-refractivity contribution in [3.8, 4) is 12.3 Å². The molecule has 2 rings (SSSR count). The van der Waals surface area contributed by atoms with Crippen molar-refractivity contribution in [2.75, 3.05) is 39.3 Å². The molecule has 0 aromatic rings. The number of amides is 2. The van der Waals surface area contributed by atoms with Gasteiger partial charge in [-0.05, 0) is 57.2 Å². The number of allylic oxidation sites excluding steroid dienone is 1. The van der Waals surface area contributed by atoms with E-state index in [0.717, 1.165) is 51.6 Å². The summed E-state index contributed by atoms with van der Waals surface area (Å²) in [5, 5.41) is 6.09. The number of hydrogen-bond acceptors (Lipinski definition) is 5. The monoisotopic (exact) mass is 417 g/mol. The molecule has 2 aliphatic heterocycles. The van der Waals surface area contributed by atoms with E-state index in [1.165, 1.54) is 0 Å². The molecule has 0 saturated carbocycles. The van der Waals surface area contributed by atoms with Gasteiger partial charge in [0.25, 0.3) is 0 Å². The van der Waals surface area contributed by atoms with Gasteiger partial charge in [0.1, 0.15) is 5.92 Å². The lowest BCUT2D eigenvalue weighted by atomic mass is 9.96. The summed E-state index contributed by atoms with van der Waals surface area (Å²) in [6.07, 6.45) is 14.4. The highest BCUT2D eigenvalue weighted by molar-refractivity contribution is 5.88. The second kappa shape index (κ2) is 13.1. The predicted molar refractivity (Wildman–Crippen MR) is 115 cm³/mol. The highest BCUT2D eigenvalue weighted by Gasteiger charge is 2.28. The zero-order valence-corrected chi connectivity index (χ0v) is 18.0. The number of terminal acetylenes is 1. The van der Waals surface area contributed by atoms with Gasteiger partial charge in [-0.15, -0.1) is 6.42 Å². The van der Waals surface area contributed by atoms with Crippen LogP contribution in [-0.4, -0.2) is 62.0 Å². The molecule has 0 aliphatic carbocycles. The van der Waals surface area contributed by atoms with Gasteiger partial charge in [0.2, 0.25) is 11.8 Å². The number of carbonyl (C=O) groups is 3. The Kier molecular flexibility index (Phi) is 10.4. The van der Waals surface area contributed by atoms with Crippen molar-refractivity contribution in [1.29, 1.82) is 0 Å². The van der Waals surface area contributed by atoms with Gasteiger partial charge in [-0.3, -0.25) is 14.4 Å². The summed E-state index contributed by atoms with van der Waals surface area (Å²) in [6.45, 7) is 5.43. The number of nitrogens with one attached hydrogen (secondary N) is 2. The quantitative estimate of drug-likeness (QED) is 0.257. The van der Waals surface area contributed by atoms with Crippen LogP contribution in [-0.2, 0) is 19.1 Å². The summed E-state index contributed by atoms with van der Waals surface area (Å²) in [5.41, 5.74) is 0. The fourth-order valence-corrected chi connectivity index (χ4v) is 3.73. The number of ether oxygens (including phenoxy) is 1. The average molecular weight is 418 g/mol. The molecule has 2 saturated heterocycles. The van der Waals surface area contributed by atoms with Gasteiger partial charge in [0, 0.05) is 19.6 Å². The van der Waals surface area contributed by atoms with Crippen molar-refractivity contribution in [1.82, 2.24) is 15.5 Å². The van der Waals surface area contributed by atoms with E-state index < -0.39 is 11.9 Å². The first kappa shape index (κ1) is 23.9. The molecule has 7 nitrogen and oxygen atoms in total. The number of likely N-dealkylation sites (tertiary alicyclic amines) is 1. The summed E-state index contributed by atoms with van der Waals surface area (Å²) < 4.78 is 5.14. The molecular formula is C23H35N3O4. The number of esters is 1. The van der Waals surface area contributed by atoms with E-state index in [1.807, 2.05) is 13.0 Å². The highest BCUT2D eigenvalue weighted by atomic mass is 16.5. The fraction of sp³-hybridized carbons (Fsp3) is 0.696. The molecule has 0 unspecified atom stereocenters. The third-order valence-corrected chi connectivity index (χ3v) is 5.71. The molecule has 0 aromatic carbocycles. The van der Waals surface area contributed by atoms with E-state index in [4.69, 9.17) is 11.2 Å². The van der Waals surface area contributed by atoms with Gasteiger partial charge in [0.15, 0.2) is 0 Å². The van der Waals surface area contributed by atoms with E-state index in [9.17, 15) is 14.4 Å². The van der Waals surface area contributed by atoms with Gasteiger partial charge in [0.05, 0.1) is 12.5 Å². The second-order valence-electron chi connectivity index (χ2n) is 8.06. The number of unbranched alkanes of at least 4 members (excludes halogenated alkanes) is 1. The first-order valence-electron chi connectivity index (χ1n) is 11.1. The number of carbonyl (C=O) groups excluding carboxylic acids is 3. The molecular weight excluding hydrogens is 382 g/mol. The molecule has 2 fully saturated rings. The molecule has 2 amide bonds. The van der Waals surface area contributed by atoms with Gasteiger partial charge < -0.3 is 20.3 Å². The van der Waals surface area contributed by atoms with E-state index >= 15 is 0 Å². The Hall–Kier alpha value is -2.33. The first-order chi connectivity index (χ1) is 14.5. The van der Waals surface area contributed by atoms with Crippen molar-refractivity contribution in [3.63, 3.8) is 0 Å². The van der Waals surface area contributed by atoms with Crippen LogP contribution in [0.1, 0.15) is 45.4 Å². The molecule has 166 valence electrons. The number of hydrogen-bond donors (Lipinski definition) is 2. The highest BCUT2D eigenvalue weighted by Crippen LogP contribution is 2.18. The van der Waals surface area contributed by atoms with E-state index in [2.05, 4.69) is 16.6 Å². The van der Waals surface area contributed by atoms with Crippen LogP contribution < -0.4 is 10.6 Å². The van der Waals surface area contributed by atoms with Crippen molar-refractivity contribution >= 4 is 17.8 Å². The van der Waals surface area contributed by atoms with Gasteiger partial charge in [-0.1, -0.05) is 25.3 Å². The number of rotatable bonds is 9. The molecule has 0 radical (unpaired) electrons. The largest absolute Gasteiger partial charge is 0.465 e. The minimum absolute atomic E-state index is 0.0352. The van der Waals surface area contributed by atoms with Crippen LogP contribution in [0, 0.1) is 30.1 Å². The molecule has 0 bridgehead atoms. The Morgan fingerprint density at radius 2 is 2.07 bits per heavy atom. The zero-order chi connectivity index (χ0) is 21.8. The lowest BCUT2D eigenvalue weighted by Crippen LogP contribution is -2.46. The van der Waals surface area contributed by atoms with Crippen molar-refractivity contribution in [2.24, 2.45) is 17.8 Å². The summed E-state index contributed by atoms with van der Waals surface area (Å²) >= 11 is 0. The second-order valence-corrected chi connectivity index (χ2v) is 8.06.